The Balaban J connectivity index is 2.56. The largest absolute Gasteiger partial charge is 0.338 e. The molecule has 0 aliphatic rings. The van der Waals surface area contributed by atoms with Crippen LogP contribution in [0.4, 0.5) is 0 Å². The van der Waals surface area contributed by atoms with Crippen molar-refractivity contribution in [3.63, 3.8) is 0 Å². The van der Waals surface area contributed by atoms with Gasteiger partial charge in [-0.1, -0.05) is 39.3 Å². The van der Waals surface area contributed by atoms with Crippen LogP contribution in [-0.2, 0) is 22.0 Å². The summed E-state index contributed by atoms with van der Waals surface area (Å²) in [6.07, 6.45) is 2.04. The predicted octanol–water partition coefficient (Wildman–Crippen LogP) is 2.42. The van der Waals surface area contributed by atoms with Gasteiger partial charge >= 0.3 is 0 Å². The third-order valence-electron chi connectivity index (χ3n) is 2.15. The van der Waals surface area contributed by atoms with Gasteiger partial charge in [0.15, 0.2) is 5.82 Å². The Morgan fingerprint density at radius 3 is 2.56 bits per heavy atom. The average molecular weight is 244 g/mol. The molecule has 0 unspecified atom stereocenters. The molecule has 0 aromatic carbocycles. The molecule has 0 N–H and O–H groups in total. The third-order valence-corrected chi connectivity index (χ3v) is 3.46. The van der Waals surface area contributed by atoms with E-state index in [9.17, 15) is 4.21 Å². The quantitative estimate of drug-likeness (QED) is 0.798. The summed E-state index contributed by atoms with van der Waals surface area (Å²) in [7, 11) is -0.881. The van der Waals surface area contributed by atoms with Crippen LogP contribution < -0.4 is 0 Å². The van der Waals surface area contributed by atoms with E-state index >= 15 is 0 Å². The van der Waals surface area contributed by atoms with Crippen molar-refractivity contribution in [2.75, 3.05) is 5.75 Å². The highest BCUT2D eigenvalue weighted by molar-refractivity contribution is 7.84. The van der Waals surface area contributed by atoms with E-state index in [0.29, 0.717) is 23.2 Å². The molecule has 0 bridgehead atoms. The standard InChI is InChI=1S/C11H20N2O2S/c1-5-6-7-16(14)8-9-12-10(13-15-9)11(2,3)4/h5-8H2,1-4H3/t16-/m1/s1. The van der Waals surface area contributed by atoms with Gasteiger partial charge in [-0.25, -0.2) is 0 Å². The molecule has 4 nitrogen and oxygen atoms in total. The predicted molar refractivity (Wildman–Crippen MR) is 64.6 cm³/mol. The molecular formula is C11H20N2O2S. The second-order valence-electron chi connectivity index (χ2n) is 4.90. The van der Waals surface area contributed by atoms with Gasteiger partial charge in [0.2, 0.25) is 5.89 Å². The van der Waals surface area contributed by atoms with Gasteiger partial charge in [0.1, 0.15) is 5.75 Å². The normalized spacial score (nSPS) is 14.0. The third kappa shape index (κ3) is 4.04. The highest BCUT2D eigenvalue weighted by atomic mass is 32.2. The molecule has 92 valence electrons. The van der Waals surface area contributed by atoms with Gasteiger partial charge in [-0.3, -0.25) is 4.21 Å². The lowest BCUT2D eigenvalue weighted by Crippen LogP contribution is -2.13. The fourth-order valence-corrected chi connectivity index (χ4v) is 2.28. The maximum absolute atomic E-state index is 11.6. The van der Waals surface area contributed by atoms with Crippen LogP contribution in [0.5, 0.6) is 0 Å². The first kappa shape index (κ1) is 13.4. The second-order valence-corrected chi connectivity index (χ2v) is 6.48. The lowest BCUT2D eigenvalue weighted by molar-refractivity contribution is 0.372. The topological polar surface area (TPSA) is 56.0 Å². The molecule has 0 aliphatic heterocycles. The van der Waals surface area contributed by atoms with Crippen LogP contribution in [0.15, 0.2) is 4.52 Å². The van der Waals surface area contributed by atoms with Crippen molar-refractivity contribution in [2.45, 2.75) is 51.7 Å². The van der Waals surface area contributed by atoms with Crippen molar-refractivity contribution in [1.29, 1.82) is 0 Å². The molecule has 0 aliphatic carbocycles. The highest BCUT2D eigenvalue weighted by Crippen LogP contribution is 2.18. The average Bonchev–Trinajstić information content (AvgIpc) is 2.62. The van der Waals surface area contributed by atoms with E-state index < -0.39 is 10.8 Å². The molecule has 1 aromatic heterocycles. The SMILES string of the molecule is CCCC[S@@](=O)Cc1nc(C(C)(C)C)no1. The van der Waals surface area contributed by atoms with E-state index in [-0.39, 0.29) is 5.41 Å². The van der Waals surface area contributed by atoms with E-state index in [1.54, 1.807) is 0 Å². The highest BCUT2D eigenvalue weighted by Gasteiger charge is 2.21. The van der Waals surface area contributed by atoms with Crippen molar-refractivity contribution in [1.82, 2.24) is 10.1 Å². The Hall–Kier alpha value is -0.710. The summed E-state index contributed by atoms with van der Waals surface area (Å²) in [5.41, 5.74) is -0.118. The van der Waals surface area contributed by atoms with E-state index in [1.165, 1.54) is 0 Å². The van der Waals surface area contributed by atoms with Crippen LogP contribution in [0.2, 0.25) is 0 Å². The maximum Gasteiger partial charge on any atom is 0.239 e. The summed E-state index contributed by atoms with van der Waals surface area (Å²) >= 11 is 0. The van der Waals surface area contributed by atoms with E-state index in [2.05, 4.69) is 17.1 Å². The zero-order valence-electron chi connectivity index (χ0n) is 10.4. The van der Waals surface area contributed by atoms with Crippen molar-refractivity contribution in [3.8, 4) is 0 Å². The van der Waals surface area contributed by atoms with Gasteiger partial charge in [0.25, 0.3) is 0 Å². The fraction of sp³-hybridized carbons (Fsp3) is 0.818. The Kier molecular flexibility index (Phi) is 4.65. The minimum absolute atomic E-state index is 0.118. The summed E-state index contributed by atoms with van der Waals surface area (Å²) in [6, 6.07) is 0. The number of aromatic nitrogens is 2. The summed E-state index contributed by atoms with van der Waals surface area (Å²) in [5, 5.41) is 3.90. The number of rotatable bonds is 5. The first-order valence-electron chi connectivity index (χ1n) is 5.61. The van der Waals surface area contributed by atoms with Crippen molar-refractivity contribution >= 4 is 10.8 Å². The van der Waals surface area contributed by atoms with Gasteiger partial charge in [-0.2, -0.15) is 4.98 Å². The fourth-order valence-electron chi connectivity index (χ4n) is 1.13. The molecule has 16 heavy (non-hydrogen) atoms. The summed E-state index contributed by atoms with van der Waals surface area (Å²) < 4.78 is 16.7. The number of unbranched alkanes of at least 4 members (excludes halogenated alkanes) is 1. The van der Waals surface area contributed by atoms with Crippen LogP contribution in [-0.4, -0.2) is 20.1 Å². The lowest BCUT2D eigenvalue weighted by atomic mass is 9.96. The maximum atomic E-state index is 11.6. The number of hydrogen-bond donors (Lipinski definition) is 0. The Bertz CT molecular complexity index is 355. The minimum Gasteiger partial charge on any atom is -0.338 e. The van der Waals surface area contributed by atoms with Gasteiger partial charge < -0.3 is 4.52 Å². The van der Waals surface area contributed by atoms with Gasteiger partial charge in [-0.05, 0) is 6.42 Å². The van der Waals surface area contributed by atoms with E-state index in [4.69, 9.17) is 4.52 Å². The molecule has 1 atom stereocenters. The molecule has 1 heterocycles. The molecular weight excluding hydrogens is 224 g/mol. The van der Waals surface area contributed by atoms with Crippen molar-refractivity contribution in [3.05, 3.63) is 11.7 Å². The Labute approximate surface area is 99.3 Å². The van der Waals surface area contributed by atoms with Gasteiger partial charge in [0, 0.05) is 22.0 Å². The molecule has 0 saturated heterocycles. The summed E-state index contributed by atoms with van der Waals surface area (Å²) in [5.74, 6) is 2.25. The molecule has 0 amide bonds. The van der Waals surface area contributed by atoms with E-state index in [1.807, 2.05) is 20.8 Å². The van der Waals surface area contributed by atoms with Crippen LogP contribution in [0.25, 0.3) is 0 Å². The molecule has 1 aromatic rings. The van der Waals surface area contributed by atoms with Crippen LogP contribution in [0.3, 0.4) is 0 Å². The molecule has 5 heteroatoms. The first-order chi connectivity index (χ1) is 7.43. The van der Waals surface area contributed by atoms with Crippen molar-refractivity contribution in [2.24, 2.45) is 0 Å². The van der Waals surface area contributed by atoms with Crippen LogP contribution >= 0.6 is 0 Å². The van der Waals surface area contributed by atoms with Crippen LogP contribution in [0.1, 0.15) is 52.3 Å². The zero-order valence-corrected chi connectivity index (χ0v) is 11.3. The monoisotopic (exact) mass is 244 g/mol. The van der Waals surface area contributed by atoms with E-state index in [0.717, 1.165) is 12.8 Å². The number of hydrogen-bond acceptors (Lipinski definition) is 4. The summed E-state index contributed by atoms with van der Waals surface area (Å²) in [4.78, 5) is 4.26. The Morgan fingerprint density at radius 1 is 1.38 bits per heavy atom. The zero-order chi connectivity index (χ0) is 12.2. The summed E-state index contributed by atoms with van der Waals surface area (Å²) in [6.45, 7) is 8.16. The number of nitrogens with zero attached hydrogens (tertiary/aromatic N) is 2. The molecule has 1 rings (SSSR count). The van der Waals surface area contributed by atoms with Crippen LogP contribution in [0, 0.1) is 0 Å². The Morgan fingerprint density at radius 2 is 2.06 bits per heavy atom. The van der Waals surface area contributed by atoms with Gasteiger partial charge in [0.05, 0.1) is 0 Å². The smallest absolute Gasteiger partial charge is 0.239 e. The molecule has 0 spiro atoms. The second kappa shape index (κ2) is 5.57. The lowest BCUT2D eigenvalue weighted by Gasteiger charge is -2.10. The van der Waals surface area contributed by atoms with Crippen molar-refractivity contribution < 1.29 is 8.73 Å². The minimum atomic E-state index is -0.881. The first-order valence-corrected chi connectivity index (χ1v) is 7.10. The molecule has 0 radical (unpaired) electrons. The van der Waals surface area contributed by atoms with Gasteiger partial charge in [-0.15, -0.1) is 0 Å². The molecule has 0 saturated carbocycles. The molecule has 0 fully saturated rings.